The van der Waals surface area contributed by atoms with Crippen LogP contribution >= 0.6 is 23.2 Å². The second-order valence-electron chi connectivity index (χ2n) is 11.4. The van der Waals surface area contributed by atoms with E-state index in [4.69, 9.17) is 27.9 Å². The van der Waals surface area contributed by atoms with Crippen LogP contribution in [0.15, 0.2) is 108 Å². The predicted octanol–water partition coefficient (Wildman–Crippen LogP) is 7.85. The second-order valence-corrected chi connectivity index (χ2v) is 14.1. The molecule has 0 saturated heterocycles. The average molecular weight is 695 g/mol. The molecule has 1 aliphatic rings. The number of para-hydroxylation sites is 1. The van der Waals surface area contributed by atoms with Gasteiger partial charge in [-0.05, 0) is 85.5 Å². The molecular weight excluding hydrogens is 657 g/mol. The first-order valence-corrected chi connectivity index (χ1v) is 17.8. The van der Waals surface area contributed by atoms with E-state index in [2.05, 4.69) is 5.32 Å². The number of ether oxygens (including phenoxy) is 1. The van der Waals surface area contributed by atoms with Gasteiger partial charge in [0.15, 0.2) is 0 Å². The fraction of sp³-hybridized carbons (Fsp3) is 0.278. The van der Waals surface area contributed by atoms with Gasteiger partial charge in [0.25, 0.3) is 10.0 Å². The number of halogens is 2. The van der Waals surface area contributed by atoms with Crippen molar-refractivity contribution in [3.05, 3.63) is 119 Å². The summed E-state index contributed by atoms with van der Waals surface area (Å²) in [5.41, 5.74) is 0.917. The van der Waals surface area contributed by atoms with Gasteiger partial charge in [-0.25, -0.2) is 8.42 Å². The monoisotopic (exact) mass is 693 g/mol. The molecule has 0 aromatic heterocycles. The lowest BCUT2D eigenvalue weighted by Crippen LogP contribution is -2.53. The van der Waals surface area contributed by atoms with Crippen molar-refractivity contribution >= 4 is 50.7 Å². The summed E-state index contributed by atoms with van der Waals surface area (Å²) >= 11 is 12.5. The molecule has 1 aliphatic carbocycles. The molecule has 0 spiro atoms. The van der Waals surface area contributed by atoms with Crippen LogP contribution in [0, 0.1) is 0 Å². The molecule has 4 aromatic carbocycles. The molecule has 0 heterocycles. The third kappa shape index (κ3) is 8.66. The molecule has 0 aliphatic heterocycles. The first-order chi connectivity index (χ1) is 22.7. The van der Waals surface area contributed by atoms with E-state index in [0.29, 0.717) is 33.5 Å². The maximum Gasteiger partial charge on any atom is 0.264 e. The van der Waals surface area contributed by atoms with Crippen LogP contribution in [0.2, 0.25) is 10.0 Å². The Morgan fingerprint density at radius 3 is 2.09 bits per heavy atom. The normalized spacial score (nSPS) is 13.9. The SMILES string of the molecule is CC[C@H](C(=O)NC1CCCC1)N(Cc1ccc(Cl)c(Cl)c1)C(=O)CN(c1ccc(Oc2ccccc2)cc1)S(=O)(=O)c1ccccc1. The van der Waals surface area contributed by atoms with E-state index in [9.17, 15) is 18.0 Å². The van der Waals surface area contributed by atoms with Gasteiger partial charge in [0.1, 0.15) is 24.1 Å². The lowest BCUT2D eigenvalue weighted by Gasteiger charge is -2.34. The van der Waals surface area contributed by atoms with Crippen molar-refractivity contribution in [3.63, 3.8) is 0 Å². The fourth-order valence-corrected chi connectivity index (χ4v) is 7.43. The molecule has 5 rings (SSSR count). The maximum atomic E-state index is 14.4. The Bertz CT molecular complexity index is 1770. The van der Waals surface area contributed by atoms with Crippen molar-refractivity contribution in [1.82, 2.24) is 10.2 Å². The molecule has 47 heavy (non-hydrogen) atoms. The van der Waals surface area contributed by atoms with Gasteiger partial charge in [-0.2, -0.15) is 0 Å². The number of hydrogen-bond donors (Lipinski definition) is 1. The number of carbonyl (C=O) groups excluding carboxylic acids is 2. The predicted molar refractivity (Wildman–Crippen MR) is 185 cm³/mol. The van der Waals surface area contributed by atoms with E-state index in [1.807, 2.05) is 37.3 Å². The molecule has 11 heteroatoms. The number of nitrogens with zero attached hydrogens (tertiary/aromatic N) is 2. The van der Waals surface area contributed by atoms with Gasteiger partial charge in [-0.15, -0.1) is 0 Å². The zero-order valence-electron chi connectivity index (χ0n) is 26.0. The van der Waals surface area contributed by atoms with E-state index < -0.39 is 28.5 Å². The lowest BCUT2D eigenvalue weighted by atomic mass is 10.1. The van der Waals surface area contributed by atoms with Crippen molar-refractivity contribution in [2.45, 2.75) is 62.6 Å². The molecule has 1 saturated carbocycles. The number of nitrogens with one attached hydrogen (secondary N) is 1. The first kappa shape index (κ1) is 34.3. The van der Waals surface area contributed by atoms with Crippen LogP contribution in [0.5, 0.6) is 11.5 Å². The highest BCUT2D eigenvalue weighted by Gasteiger charge is 2.34. The summed E-state index contributed by atoms with van der Waals surface area (Å²) < 4.78 is 35.2. The lowest BCUT2D eigenvalue weighted by molar-refractivity contribution is -0.140. The van der Waals surface area contributed by atoms with E-state index in [1.165, 1.54) is 17.0 Å². The number of hydrogen-bond acceptors (Lipinski definition) is 5. The molecule has 8 nitrogen and oxygen atoms in total. The summed E-state index contributed by atoms with van der Waals surface area (Å²) in [5, 5.41) is 3.78. The molecule has 0 unspecified atom stereocenters. The van der Waals surface area contributed by atoms with Gasteiger partial charge in [0.2, 0.25) is 11.8 Å². The second kappa shape index (κ2) is 15.7. The summed E-state index contributed by atoms with van der Waals surface area (Å²) in [5.74, 6) is 0.309. The van der Waals surface area contributed by atoms with Gasteiger partial charge in [0, 0.05) is 12.6 Å². The number of amides is 2. The third-order valence-electron chi connectivity index (χ3n) is 8.14. The van der Waals surface area contributed by atoms with Crippen LogP contribution < -0.4 is 14.4 Å². The topological polar surface area (TPSA) is 96.0 Å². The molecule has 1 fully saturated rings. The number of rotatable bonds is 13. The Morgan fingerprint density at radius 1 is 0.851 bits per heavy atom. The highest BCUT2D eigenvalue weighted by Crippen LogP contribution is 2.29. The third-order valence-corrected chi connectivity index (χ3v) is 10.7. The summed E-state index contributed by atoms with van der Waals surface area (Å²) in [7, 11) is -4.21. The van der Waals surface area contributed by atoms with Gasteiger partial charge in [-0.3, -0.25) is 13.9 Å². The largest absolute Gasteiger partial charge is 0.457 e. The number of sulfonamides is 1. The van der Waals surface area contributed by atoms with Crippen molar-refractivity contribution in [3.8, 4) is 11.5 Å². The van der Waals surface area contributed by atoms with Crippen LogP contribution in [0.1, 0.15) is 44.6 Å². The van der Waals surface area contributed by atoms with Crippen molar-refractivity contribution in [1.29, 1.82) is 0 Å². The minimum Gasteiger partial charge on any atom is -0.457 e. The first-order valence-electron chi connectivity index (χ1n) is 15.6. The molecule has 0 radical (unpaired) electrons. The summed E-state index contributed by atoms with van der Waals surface area (Å²) in [4.78, 5) is 29.5. The molecule has 1 atom stereocenters. The highest BCUT2D eigenvalue weighted by molar-refractivity contribution is 7.92. The van der Waals surface area contributed by atoms with Crippen molar-refractivity contribution < 1.29 is 22.7 Å². The van der Waals surface area contributed by atoms with Gasteiger partial charge < -0.3 is 15.0 Å². The van der Waals surface area contributed by atoms with Crippen LogP contribution in [-0.2, 0) is 26.2 Å². The zero-order valence-corrected chi connectivity index (χ0v) is 28.3. The summed E-state index contributed by atoms with van der Waals surface area (Å²) in [6, 6.07) is 27.9. The summed E-state index contributed by atoms with van der Waals surface area (Å²) in [6.07, 6.45) is 4.17. The van der Waals surface area contributed by atoms with Crippen molar-refractivity contribution in [2.75, 3.05) is 10.8 Å². The minimum atomic E-state index is -4.21. The Hall–Kier alpha value is -4.05. The fourth-order valence-electron chi connectivity index (χ4n) is 5.68. The van der Waals surface area contributed by atoms with E-state index in [1.54, 1.807) is 60.7 Å². The standard InChI is InChI=1S/C36H37Cl2N3O5S/c1-2-34(36(43)39-27-11-9-10-12-27)40(24-26-17-22-32(37)33(38)23-26)35(42)25-41(47(44,45)31-15-7-4-8-16-31)28-18-20-30(21-19-28)46-29-13-5-3-6-14-29/h3-8,13-23,27,34H,2,9-12,24-25H2,1H3,(H,39,43)/t34-/m1/s1. The van der Waals surface area contributed by atoms with Gasteiger partial charge in [-0.1, -0.05) is 85.4 Å². The molecule has 246 valence electrons. The highest BCUT2D eigenvalue weighted by atomic mass is 35.5. The van der Waals surface area contributed by atoms with Crippen LogP contribution in [0.3, 0.4) is 0 Å². The van der Waals surface area contributed by atoms with Crippen LogP contribution in [0.25, 0.3) is 0 Å². The van der Waals surface area contributed by atoms with Crippen LogP contribution in [0.4, 0.5) is 5.69 Å². The van der Waals surface area contributed by atoms with Crippen molar-refractivity contribution in [2.24, 2.45) is 0 Å². The quantitative estimate of drug-likeness (QED) is 0.154. The Balaban J connectivity index is 1.49. The number of benzene rings is 4. The minimum absolute atomic E-state index is 0.0232. The Labute approximate surface area is 286 Å². The maximum absolute atomic E-state index is 14.4. The molecule has 1 N–H and O–H groups in total. The number of anilines is 1. The molecule has 4 aromatic rings. The smallest absolute Gasteiger partial charge is 0.264 e. The molecular formula is C36H37Cl2N3O5S. The van der Waals surface area contributed by atoms with E-state index >= 15 is 0 Å². The summed E-state index contributed by atoms with van der Waals surface area (Å²) in [6.45, 7) is 1.30. The Kier molecular flexibility index (Phi) is 11.4. The zero-order chi connectivity index (χ0) is 33.4. The average Bonchev–Trinajstić information content (AvgIpc) is 3.59. The van der Waals surface area contributed by atoms with E-state index in [-0.39, 0.29) is 29.1 Å². The van der Waals surface area contributed by atoms with Gasteiger partial charge >= 0.3 is 0 Å². The van der Waals surface area contributed by atoms with E-state index in [0.717, 1.165) is 30.0 Å². The van der Waals surface area contributed by atoms with Gasteiger partial charge in [0.05, 0.1) is 20.6 Å². The molecule has 0 bridgehead atoms. The number of carbonyl (C=O) groups is 2. The van der Waals surface area contributed by atoms with Crippen LogP contribution in [-0.4, -0.2) is 43.8 Å². The Morgan fingerprint density at radius 2 is 1.47 bits per heavy atom. The molecule has 2 amide bonds.